The highest BCUT2D eigenvalue weighted by molar-refractivity contribution is 5.97. The highest BCUT2D eigenvalue weighted by Crippen LogP contribution is 2.29. The van der Waals surface area contributed by atoms with E-state index in [1.165, 1.54) is 0 Å². The minimum absolute atomic E-state index is 0.0326. The molecule has 0 unspecified atom stereocenters. The predicted octanol–water partition coefficient (Wildman–Crippen LogP) is 1.75. The van der Waals surface area contributed by atoms with E-state index in [0.29, 0.717) is 5.69 Å². The van der Waals surface area contributed by atoms with Gasteiger partial charge in [0.05, 0.1) is 13.7 Å². The number of nitrogens with two attached hydrogens (primary N) is 1. The maximum atomic E-state index is 11.2. The van der Waals surface area contributed by atoms with Gasteiger partial charge in [-0.25, -0.2) is 0 Å². The maximum Gasteiger partial charge on any atom is 0.238 e. The number of ether oxygens (including phenoxy) is 1. The number of methoxy groups -OCH3 is 1. The molecule has 4 nitrogen and oxygen atoms in total. The SMILES string of the molecule is COc1cc(NC(=O)CN)cc2ccccc12. The van der Waals surface area contributed by atoms with E-state index in [1.54, 1.807) is 13.2 Å². The van der Waals surface area contributed by atoms with Crippen LogP contribution in [-0.2, 0) is 4.79 Å². The fourth-order valence-electron chi connectivity index (χ4n) is 1.73. The monoisotopic (exact) mass is 230 g/mol. The lowest BCUT2D eigenvalue weighted by Gasteiger charge is -2.09. The summed E-state index contributed by atoms with van der Waals surface area (Å²) in [6, 6.07) is 11.5. The average molecular weight is 230 g/mol. The number of benzene rings is 2. The van der Waals surface area contributed by atoms with Crippen LogP contribution < -0.4 is 15.8 Å². The van der Waals surface area contributed by atoms with E-state index in [1.807, 2.05) is 30.3 Å². The zero-order chi connectivity index (χ0) is 12.3. The molecule has 0 aliphatic heterocycles. The minimum Gasteiger partial charge on any atom is -0.496 e. The quantitative estimate of drug-likeness (QED) is 0.844. The van der Waals surface area contributed by atoms with E-state index in [2.05, 4.69) is 5.32 Å². The van der Waals surface area contributed by atoms with Gasteiger partial charge >= 0.3 is 0 Å². The molecule has 0 saturated carbocycles. The zero-order valence-electron chi connectivity index (χ0n) is 9.57. The number of hydrogen-bond acceptors (Lipinski definition) is 3. The molecule has 0 aromatic heterocycles. The summed E-state index contributed by atoms with van der Waals surface area (Å²) < 4.78 is 5.30. The first-order valence-electron chi connectivity index (χ1n) is 5.31. The van der Waals surface area contributed by atoms with Crippen molar-refractivity contribution in [2.75, 3.05) is 19.0 Å². The van der Waals surface area contributed by atoms with Crippen molar-refractivity contribution < 1.29 is 9.53 Å². The Labute approximate surface area is 99.4 Å². The van der Waals surface area contributed by atoms with Gasteiger partial charge in [-0.2, -0.15) is 0 Å². The van der Waals surface area contributed by atoms with E-state index in [0.717, 1.165) is 16.5 Å². The second-order valence-corrected chi connectivity index (χ2v) is 3.65. The molecule has 0 atom stereocenters. The van der Waals surface area contributed by atoms with Crippen molar-refractivity contribution >= 4 is 22.4 Å². The van der Waals surface area contributed by atoms with Gasteiger partial charge in [-0.1, -0.05) is 24.3 Å². The lowest BCUT2D eigenvalue weighted by atomic mass is 10.1. The lowest BCUT2D eigenvalue weighted by Crippen LogP contribution is -2.21. The highest BCUT2D eigenvalue weighted by atomic mass is 16.5. The molecule has 0 fully saturated rings. The lowest BCUT2D eigenvalue weighted by molar-refractivity contribution is -0.114. The van der Waals surface area contributed by atoms with Crippen molar-refractivity contribution in [1.82, 2.24) is 0 Å². The van der Waals surface area contributed by atoms with Gasteiger partial charge in [0.25, 0.3) is 0 Å². The van der Waals surface area contributed by atoms with Crippen LogP contribution in [0.25, 0.3) is 10.8 Å². The van der Waals surface area contributed by atoms with Gasteiger partial charge in [0.2, 0.25) is 5.91 Å². The Bertz CT molecular complexity index is 552. The molecule has 0 bridgehead atoms. The first-order valence-corrected chi connectivity index (χ1v) is 5.31. The highest BCUT2D eigenvalue weighted by Gasteiger charge is 2.05. The van der Waals surface area contributed by atoms with Crippen molar-refractivity contribution in [2.45, 2.75) is 0 Å². The molecule has 3 N–H and O–H groups in total. The third-order valence-electron chi connectivity index (χ3n) is 2.51. The number of carbonyl (C=O) groups excluding carboxylic acids is 1. The summed E-state index contributed by atoms with van der Waals surface area (Å²) >= 11 is 0. The summed E-state index contributed by atoms with van der Waals surface area (Å²) in [6.07, 6.45) is 0. The summed E-state index contributed by atoms with van der Waals surface area (Å²) in [7, 11) is 1.61. The Morgan fingerprint density at radius 3 is 2.82 bits per heavy atom. The van der Waals surface area contributed by atoms with E-state index in [4.69, 9.17) is 10.5 Å². The molecule has 0 aliphatic carbocycles. The summed E-state index contributed by atoms with van der Waals surface area (Å²) in [5, 5.41) is 4.74. The normalized spacial score (nSPS) is 10.2. The standard InChI is InChI=1S/C13H14N2O2/c1-17-12-7-10(15-13(16)8-14)6-9-4-2-3-5-11(9)12/h2-7H,8,14H2,1H3,(H,15,16). The van der Waals surface area contributed by atoms with Crippen LogP contribution in [0.1, 0.15) is 0 Å². The second kappa shape index (κ2) is 4.84. The third-order valence-corrected chi connectivity index (χ3v) is 2.51. The molecule has 0 radical (unpaired) electrons. The molecule has 0 heterocycles. The molecule has 2 aromatic carbocycles. The number of hydrogen-bond donors (Lipinski definition) is 2. The van der Waals surface area contributed by atoms with Gasteiger partial charge in [0.1, 0.15) is 5.75 Å². The first kappa shape index (κ1) is 11.4. The predicted molar refractivity (Wildman–Crippen MR) is 68.2 cm³/mol. The smallest absolute Gasteiger partial charge is 0.238 e. The zero-order valence-corrected chi connectivity index (χ0v) is 9.57. The van der Waals surface area contributed by atoms with Crippen LogP contribution >= 0.6 is 0 Å². The van der Waals surface area contributed by atoms with Crippen LogP contribution in [0.4, 0.5) is 5.69 Å². The fraction of sp³-hybridized carbons (Fsp3) is 0.154. The van der Waals surface area contributed by atoms with Crippen LogP contribution in [0.5, 0.6) is 5.75 Å². The third kappa shape index (κ3) is 2.37. The van der Waals surface area contributed by atoms with E-state index < -0.39 is 0 Å². The molecule has 17 heavy (non-hydrogen) atoms. The molecule has 2 rings (SSSR count). The van der Waals surface area contributed by atoms with Gasteiger partial charge in [-0.15, -0.1) is 0 Å². The molecule has 0 saturated heterocycles. The molecule has 88 valence electrons. The topological polar surface area (TPSA) is 64.3 Å². The van der Waals surface area contributed by atoms with E-state index in [-0.39, 0.29) is 12.5 Å². The van der Waals surface area contributed by atoms with Gasteiger partial charge in [0.15, 0.2) is 0 Å². The van der Waals surface area contributed by atoms with Crippen molar-refractivity contribution in [3.63, 3.8) is 0 Å². The molecular weight excluding hydrogens is 216 g/mol. The van der Waals surface area contributed by atoms with Crippen molar-refractivity contribution in [3.8, 4) is 5.75 Å². The molecule has 2 aromatic rings. The van der Waals surface area contributed by atoms with Crippen molar-refractivity contribution in [2.24, 2.45) is 5.73 Å². The number of nitrogens with one attached hydrogen (secondary N) is 1. The van der Waals surface area contributed by atoms with Crippen molar-refractivity contribution in [1.29, 1.82) is 0 Å². The number of rotatable bonds is 3. The van der Waals surface area contributed by atoms with Gasteiger partial charge in [-0.05, 0) is 11.5 Å². The Morgan fingerprint density at radius 2 is 2.12 bits per heavy atom. The Kier molecular flexibility index (Phi) is 3.25. The van der Waals surface area contributed by atoms with Crippen LogP contribution in [0.3, 0.4) is 0 Å². The minimum atomic E-state index is -0.220. The summed E-state index contributed by atoms with van der Waals surface area (Å²) in [6.45, 7) is -0.0326. The number of fused-ring (bicyclic) bond motifs is 1. The summed E-state index contributed by atoms with van der Waals surface area (Å²) in [5.41, 5.74) is 5.95. The van der Waals surface area contributed by atoms with Gasteiger partial charge < -0.3 is 15.8 Å². The molecule has 0 spiro atoms. The van der Waals surface area contributed by atoms with E-state index in [9.17, 15) is 4.79 Å². The van der Waals surface area contributed by atoms with Crippen molar-refractivity contribution in [3.05, 3.63) is 36.4 Å². The molecule has 0 aliphatic rings. The van der Waals surface area contributed by atoms with Gasteiger partial charge in [-0.3, -0.25) is 4.79 Å². The second-order valence-electron chi connectivity index (χ2n) is 3.65. The van der Waals surface area contributed by atoms with Crippen LogP contribution in [0, 0.1) is 0 Å². The largest absolute Gasteiger partial charge is 0.496 e. The van der Waals surface area contributed by atoms with Crippen LogP contribution in [-0.4, -0.2) is 19.6 Å². The molecule has 1 amide bonds. The maximum absolute atomic E-state index is 11.2. The van der Waals surface area contributed by atoms with Crippen LogP contribution in [0.15, 0.2) is 36.4 Å². The Morgan fingerprint density at radius 1 is 1.35 bits per heavy atom. The van der Waals surface area contributed by atoms with Crippen LogP contribution in [0.2, 0.25) is 0 Å². The first-order chi connectivity index (χ1) is 8.24. The molecule has 4 heteroatoms. The fourth-order valence-corrected chi connectivity index (χ4v) is 1.73. The summed E-state index contributed by atoms with van der Waals surface area (Å²) in [5.74, 6) is 0.512. The summed E-state index contributed by atoms with van der Waals surface area (Å²) in [4.78, 5) is 11.2. The Hall–Kier alpha value is -2.07. The number of anilines is 1. The van der Waals surface area contributed by atoms with Gasteiger partial charge in [0, 0.05) is 17.1 Å². The number of carbonyl (C=O) groups is 1. The number of amides is 1. The average Bonchev–Trinajstić information content (AvgIpc) is 2.37. The Balaban J connectivity index is 2.48. The molecular formula is C13H14N2O2. The van der Waals surface area contributed by atoms with E-state index >= 15 is 0 Å².